The molecule has 1 N–H and O–H groups in total. The van der Waals surface area contributed by atoms with E-state index in [0.29, 0.717) is 11.0 Å². The van der Waals surface area contributed by atoms with Gasteiger partial charge in [-0.2, -0.15) is 0 Å². The molecule has 1 aromatic heterocycles. The van der Waals surface area contributed by atoms with Gasteiger partial charge in [0.1, 0.15) is 0 Å². The highest BCUT2D eigenvalue weighted by molar-refractivity contribution is 14.1. The summed E-state index contributed by atoms with van der Waals surface area (Å²) in [6.45, 7) is 2.14. The van der Waals surface area contributed by atoms with Crippen LogP contribution in [-0.4, -0.2) is 10.9 Å². The van der Waals surface area contributed by atoms with Crippen molar-refractivity contribution >= 4 is 45.0 Å². The second-order valence-electron chi connectivity index (χ2n) is 9.72. The number of hydrogen-bond donors (Lipinski definition) is 1. The highest BCUT2D eigenvalue weighted by Crippen LogP contribution is 2.80. The number of nitrogens with one attached hydrogen (secondary N) is 1. The van der Waals surface area contributed by atoms with Gasteiger partial charge in [0, 0.05) is 31.8 Å². The summed E-state index contributed by atoms with van der Waals surface area (Å²) in [4.78, 5) is 18.4. The Morgan fingerprint density at radius 1 is 1.00 bits per heavy atom. The van der Waals surface area contributed by atoms with Crippen LogP contribution in [0.25, 0.3) is 11.3 Å². The number of thiazole rings is 1. The number of halogens is 1. The highest BCUT2D eigenvalue weighted by Gasteiger charge is 2.76. The SMILES string of the molecule is CC1(C(=O)Nc2nc(-c3ccc(I)cc3)cs2)CC23c4ccccc4C2c2ccccc2C13. The van der Waals surface area contributed by atoms with Crippen molar-refractivity contribution in [3.63, 3.8) is 0 Å². The molecule has 4 atom stereocenters. The average Bonchev–Trinajstić information content (AvgIpc) is 3.34. The van der Waals surface area contributed by atoms with E-state index in [4.69, 9.17) is 4.98 Å². The molecule has 3 nitrogen and oxygen atoms in total. The first-order chi connectivity index (χ1) is 16.0. The normalized spacial score (nSPS) is 27.9. The first-order valence-corrected chi connectivity index (χ1v) is 13.2. The summed E-state index contributed by atoms with van der Waals surface area (Å²) in [5, 5.41) is 5.87. The zero-order valence-corrected chi connectivity index (χ0v) is 21.0. The molecule has 0 aliphatic heterocycles. The monoisotopic (exact) mass is 560 g/mol. The summed E-state index contributed by atoms with van der Waals surface area (Å²) < 4.78 is 1.19. The molecule has 0 radical (unpaired) electrons. The van der Waals surface area contributed by atoms with Gasteiger partial charge in [-0.3, -0.25) is 4.79 Å². The van der Waals surface area contributed by atoms with Gasteiger partial charge in [0.05, 0.1) is 11.1 Å². The number of carbonyl (C=O) groups excluding carboxylic acids is 1. The molecule has 7 rings (SSSR count). The summed E-state index contributed by atoms with van der Waals surface area (Å²) in [6, 6.07) is 25.9. The van der Waals surface area contributed by atoms with Gasteiger partial charge in [-0.05, 0) is 63.4 Å². The van der Waals surface area contributed by atoms with Crippen molar-refractivity contribution in [2.24, 2.45) is 5.41 Å². The van der Waals surface area contributed by atoms with E-state index in [0.717, 1.165) is 17.7 Å². The average molecular weight is 560 g/mol. The van der Waals surface area contributed by atoms with Gasteiger partial charge < -0.3 is 5.32 Å². The van der Waals surface area contributed by atoms with Gasteiger partial charge in [-0.15, -0.1) is 11.3 Å². The van der Waals surface area contributed by atoms with Crippen molar-refractivity contribution in [2.45, 2.75) is 30.6 Å². The van der Waals surface area contributed by atoms with Crippen molar-refractivity contribution in [1.29, 1.82) is 0 Å². The molecule has 1 spiro atoms. The predicted molar refractivity (Wildman–Crippen MR) is 141 cm³/mol. The molecule has 3 aliphatic rings. The maximum atomic E-state index is 13.7. The lowest BCUT2D eigenvalue weighted by atomic mass is 9.36. The lowest BCUT2D eigenvalue weighted by molar-refractivity contribution is -0.138. The Morgan fingerprint density at radius 3 is 2.48 bits per heavy atom. The van der Waals surface area contributed by atoms with Gasteiger partial charge in [0.15, 0.2) is 5.13 Å². The topological polar surface area (TPSA) is 42.0 Å². The van der Waals surface area contributed by atoms with E-state index in [2.05, 4.69) is 108 Å². The standard InChI is InChI=1S/C28H21IN2OS/c1-27(25(32)31-26-30-22(14-33-26)16-10-12-17(29)13-11-16)15-28-21-9-5-4-8-20(21)23(28)18-6-2-3-7-19(18)24(27)28/h2-14,23-24H,15H2,1H3,(H,30,31,32). The Labute approximate surface area is 210 Å². The molecule has 0 bridgehead atoms. The molecule has 4 aromatic rings. The van der Waals surface area contributed by atoms with Crippen LogP contribution < -0.4 is 5.32 Å². The number of anilines is 1. The number of rotatable bonds is 3. The fourth-order valence-corrected chi connectivity index (χ4v) is 8.01. The van der Waals surface area contributed by atoms with Crippen LogP contribution >= 0.6 is 33.9 Å². The van der Waals surface area contributed by atoms with Crippen molar-refractivity contribution in [1.82, 2.24) is 4.98 Å². The van der Waals surface area contributed by atoms with Gasteiger partial charge in [0.25, 0.3) is 0 Å². The van der Waals surface area contributed by atoms with Crippen molar-refractivity contribution in [3.8, 4) is 11.3 Å². The third-order valence-corrected chi connectivity index (χ3v) is 9.58. The van der Waals surface area contributed by atoms with Gasteiger partial charge in [-0.1, -0.05) is 67.6 Å². The van der Waals surface area contributed by atoms with Crippen LogP contribution in [0.4, 0.5) is 5.13 Å². The van der Waals surface area contributed by atoms with E-state index in [1.54, 1.807) is 0 Å². The molecule has 3 aromatic carbocycles. The Morgan fingerprint density at radius 2 is 1.70 bits per heavy atom. The zero-order chi connectivity index (χ0) is 22.4. The third kappa shape index (κ3) is 2.50. The number of hydrogen-bond acceptors (Lipinski definition) is 3. The number of aromatic nitrogens is 1. The first kappa shape index (κ1) is 19.9. The second kappa shape index (κ2) is 6.76. The largest absolute Gasteiger partial charge is 0.301 e. The number of carbonyl (C=O) groups is 1. The van der Waals surface area contributed by atoms with E-state index in [-0.39, 0.29) is 17.2 Å². The highest BCUT2D eigenvalue weighted by atomic mass is 127. The molecule has 0 saturated heterocycles. The van der Waals surface area contributed by atoms with Crippen molar-refractivity contribution < 1.29 is 4.79 Å². The lowest BCUT2D eigenvalue weighted by Gasteiger charge is -2.65. The first-order valence-electron chi connectivity index (χ1n) is 11.2. The summed E-state index contributed by atoms with van der Waals surface area (Å²) in [6.07, 6.45) is 0.877. The molecule has 5 heteroatoms. The van der Waals surface area contributed by atoms with Gasteiger partial charge >= 0.3 is 0 Å². The number of nitrogens with zero attached hydrogens (tertiary/aromatic N) is 1. The second-order valence-corrected chi connectivity index (χ2v) is 11.8. The number of benzene rings is 3. The Hall–Kier alpha value is -2.51. The maximum absolute atomic E-state index is 13.7. The molecular weight excluding hydrogens is 539 g/mol. The van der Waals surface area contributed by atoms with Crippen LogP contribution in [0, 0.1) is 8.99 Å². The number of amides is 1. The van der Waals surface area contributed by atoms with Crippen LogP contribution in [0.1, 0.15) is 47.4 Å². The zero-order valence-electron chi connectivity index (χ0n) is 18.0. The minimum atomic E-state index is -0.451. The van der Waals surface area contributed by atoms with E-state index in [1.807, 2.05) is 5.38 Å². The van der Waals surface area contributed by atoms with Crippen molar-refractivity contribution in [2.75, 3.05) is 5.32 Å². The summed E-state index contributed by atoms with van der Waals surface area (Å²) in [5.74, 6) is 0.710. The number of fused-ring (bicyclic) bond motifs is 5. The molecule has 1 fully saturated rings. The molecule has 33 heavy (non-hydrogen) atoms. The van der Waals surface area contributed by atoms with Crippen LogP contribution in [-0.2, 0) is 10.2 Å². The van der Waals surface area contributed by atoms with Gasteiger partial charge in [0.2, 0.25) is 5.91 Å². The molecule has 162 valence electrons. The Bertz CT molecular complexity index is 1440. The minimum absolute atomic E-state index is 0.0710. The molecule has 1 saturated carbocycles. The fraction of sp³-hybridized carbons (Fsp3) is 0.214. The van der Waals surface area contributed by atoms with E-state index >= 15 is 0 Å². The molecular formula is C28H21IN2OS. The lowest BCUT2D eigenvalue weighted by Crippen LogP contribution is -2.64. The molecule has 3 aliphatic carbocycles. The Kier molecular flexibility index (Phi) is 4.08. The van der Waals surface area contributed by atoms with Crippen molar-refractivity contribution in [3.05, 3.63) is 104 Å². The third-order valence-electron chi connectivity index (χ3n) is 8.10. The van der Waals surface area contributed by atoms with Gasteiger partial charge in [-0.25, -0.2) is 4.98 Å². The van der Waals surface area contributed by atoms with Crippen LogP contribution in [0.15, 0.2) is 78.2 Å². The summed E-state index contributed by atoms with van der Waals surface area (Å²) in [5.41, 5.74) is 7.23. The van der Waals surface area contributed by atoms with E-state index in [9.17, 15) is 4.79 Å². The fourth-order valence-electron chi connectivity index (χ4n) is 6.93. The van der Waals surface area contributed by atoms with Crippen LogP contribution in [0.2, 0.25) is 0 Å². The molecule has 1 amide bonds. The van der Waals surface area contributed by atoms with E-state index in [1.165, 1.54) is 37.2 Å². The van der Waals surface area contributed by atoms with Crippen LogP contribution in [0.5, 0.6) is 0 Å². The summed E-state index contributed by atoms with van der Waals surface area (Å²) >= 11 is 3.80. The molecule has 1 heterocycles. The Balaban J connectivity index is 1.21. The molecule has 4 unspecified atom stereocenters. The smallest absolute Gasteiger partial charge is 0.232 e. The van der Waals surface area contributed by atoms with Crippen LogP contribution in [0.3, 0.4) is 0 Å². The summed E-state index contributed by atoms with van der Waals surface area (Å²) in [7, 11) is 0. The predicted octanol–water partition coefficient (Wildman–Crippen LogP) is 6.94. The van der Waals surface area contributed by atoms with E-state index < -0.39 is 5.41 Å². The quantitative estimate of drug-likeness (QED) is 0.276. The maximum Gasteiger partial charge on any atom is 0.232 e. The minimum Gasteiger partial charge on any atom is -0.301 e.